The predicted molar refractivity (Wildman–Crippen MR) is 86.9 cm³/mol. The van der Waals surface area contributed by atoms with Gasteiger partial charge in [-0.15, -0.1) is 0 Å². The van der Waals surface area contributed by atoms with Crippen molar-refractivity contribution in [3.63, 3.8) is 0 Å². The van der Waals surface area contributed by atoms with Crippen LogP contribution in [0.15, 0.2) is 24.3 Å². The number of carbonyl (C=O) groups is 1. The number of nitrogens with zero attached hydrogens (tertiary/aromatic N) is 1. The van der Waals surface area contributed by atoms with E-state index in [4.69, 9.17) is 0 Å². The van der Waals surface area contributed by atoms with Crippen LogP contribution in [0.25, 0.3) is 0 Å². The lowest BCUT2D eigenvalue weighted by molar-refractivity contribution is -0.132. The zero-order chi connectivity index (χ0) is 15.6. The second-order valence-electron chi connectivity index (χ2n) is 6.58. The van der Waals surface area contributed by atoms with E-state index in [1.54, 1.807) is 0 Å². The van der Waals surface area contributed by atoms with Crippen molar-refractivity contribution < 1.29 is 4.79 Å². The molecule has 21 heavy (non-hydrogen) atoms. The minimum Gasteiger partial charge on any atom is -0.319 e. The smallest absolute Gasteiger partial charge is 0.241 e. The van der Waals surface area contributed by atoms with Gasteiger partial charge in [0.1, 0.15) is 6.17 Å². The van der Waals surface area contributed by atoms with Crippen molar-refractivity contribution >= 4 is 5.91 Å². The molecule has 0 saturated carbocycles. The lowest BCUT2D eigenvalue weighted by Crippen LogP contribution is -2.39. The van der Waals surface area contributed by atoms with Crippen LogP contribution in [0.5, 0.6) is 0 Å². The molecule has 116 valence electrons. The lowest BCUT2D eigenvalue weighted by atomic mass is 10.0. The highest BCUT2D eigenvalue weighted by molar-refractivity contribution is 5.85. The van der Waals surface area contributed by atoms with Gasteiger partial charge in [-0.1, -0.05) is 57.0 Å². The van der Waals surface area contributed by atoms with Gasteiger partial charge in [0.25, 0.3) is 0 Å². The van der Waals surface area contributed by atoms with E-state index in [2.05, 4.69) is 69.1 Å². The molecule has 0 bridgehead atoms. The van der Waals surface area contributed by atoms with Crippen LogP contribution < -0.4 is 5.32 Å². The average molecular weight is 288 g/mol. The van der Waals surface area contributed by atoms with Crippen LogP contribution in [0.1, 0.15) is 57.8 Å². The van der Waals surface area contributed by atoms with Gasteiger partial charge in [0.2, 0.25) is 5.91 Å². The van der Waals surface area contributed by atoms with Gasteiger partial charge in [-0.25, -0.2) is 0 Å². The number of carbonyl (C=O) groups excluding carboxylic acids is 1. The molecule has 1 saturated heterocycles. The molecule has 3 heteroatoms. The first-order chi connectivity index (χ1) is 9.95. The number of hydrogen-bond donors (Lipinski definition) is 1. The molecule has 1 aromatic rings. The Balaban J connectivity index is 2.31. The van der Waals surface area contributed by atoms with E-state index < -0.39 is 0 Å². The van der Waals surface area contributed by atoms with Gasteiger partial charge < -0.3 is 4.90 Å². The van der Waals surface area contributed by atoms with Gasteiger partial charge in [0.15, 0.2) is 0 Å². The Labute approximate surface area is 128 Å². The van der Waals surface area contributed by atoms with Gasteiger partial charge in [-0.2, -0.15) is 0 Å². The summed E-state index contributed by atoms with van der Waals surface area (Å²) >= 11 is 0. The van der Waals surface area contributed by atoms with Crippen molar-refractivity contribution in [1.82, 2.24) is 10.2 Å². The molecule has 1 amide bonds. The molecule has 1 aromatic carbocycles. The summed E-state index contributed by atoms with van der Waals surface area (Å²) in [7, 11) is 0. The third-order valence-corrected chi connectivity index (χ3v) is 4.38. The summed E-state index contributed by atoms with van der Waals surface area (Å²) in [5.41, 5.74) is 2.43. The van der Waals surface area contributed by atoms with Gasteiger partial charge in [0.05, 0.1) is 6.04 Å². The van der Waals surface area contributed by atoms with Crippen molar-refractivity contribution in [3.8, 4) is 0 Å². The van der Waals surface area contributed by atoms with Gasteiger partial charge in [0, 0.05) is 6.04 Å². The molecule has 1 N–H and O–H groups in total. The van der Waals surface area contributed by atoms with Crippen molar-refractivity contribution in [2.45, 2.75) is 65.7 Å². The van der Waals surface area contributed by atoms with Gasteiger partial charge >= 0.3 is 0 Å². The van der Waals surface area contributed by atoms with E-state index in [-0.39, 0.29) is 24.2 Å². The number of aryl methyl sites for hydroxylation is 1. The molecule has 1 fully saturated rings. The summed E-state index contributed by atoms with van der Waals surface area (Å²) in [5, 5.41) is 3.54. The van der Waals surface area contributed by atoms with Crippen molar-refractivity contribution in [3.05, 3.63) is 35.4 Å². The fourth-order valence-corrected chi connectivity index (χ4v) is 3.12. The standard InChI is InChI=1S/C18H28N2O/c1-6-7-14(5)20-17(15-10-8-13(4)9-11-15)19-16(12(2)3)18(20)21/h8-12,14,16-17,19H,6-7H2,1-5H3. The summed E-state index contributed by atoms with van der Waals surface area (Å²) in [6.45, 7) is 10.6. The molecule has 0 aromatic heterocycles. The maximum atomic E-state index is 12.8. The van der Waals surface area contributed by atoms with Crippen molar-refractivity contribution in [1.29, 1.82) is 0 Å². The second kappa shape index (κ2) is 6.61. The second-order valence-corrected chi connectivity index (χ2v) is 6.58. The summed E-state index contributed by atoms with van der Waals surface area (Å²) in [5.74, 6) is 0.556. The lowest BCUT2D eigenvalue weighted by Gasteiger charge is -2.30. The zero-order valence-corrected chi connectivity index (χ0v) is 13.9. The van der Waals surface area contributed by atoms with Crippen LogP contribution >= 0.6 is 0 Å². The Morgan fingerprint density at radius 1 is 1.19 bits per heavy atom. The SMILES string of the molecule is CCCC(C)N1C(=O)C(C(C)C)NC1c1ccc(C)cc1. The molecule has 1 heterocycles. The summed E-state index contributed by atoms with van der Waals surface area (Å²) < 4.78 is 0. The fraction of sp³-hybridized carbons (Fsp3) is 0.611. The molecule has 3 atom stereocenters. The largest absolute Gasteiger partial charge is 0.319 e. The maximum Gasteiger partial charge on any atom is 0.241 e. The normalized spacial score (nSPS) is 23.9. The Kier molecular flexibility index (Phi) is 5.04. The molecule has 3 unspecified atom stereocenters. The molecule has 0 radical (unpaired) electrons. The summed E-state index contributed by atoms with van der Waals surface area (Å²) in [6, 6.07) is 8.70. The van der Waals surface area contributed by atoms with E-state index >= 15 is 0 Å². The molecule has 1 aliphatic heterocycles. The van der Waals surface area contributed by atoms with E-state index in [1.807, 2.05) is 0 Å². The van der Waals surface area contributed by atoms with Crippen LogP contribution in [-0.2, 0) is 4.79 Å². The molecular weight excluding hydrogens is 260 g/mol. The highest BCUT2D eigenvalue weighted by Gasteiger charge is 2.42. The molecule has 0 aliphatic carbocycles. The zero-order valence-electron chi connectivity index (χ0n) is 13.9. The minimum absolute atomic E-state index is 0.00653. The third kappa shape index (κ3) is 3.29. The van der Waals surface area contributed by atoms with E-state index in [1.165, 1.54) is 11.1 Å². The average Bonchev–Trinajstić information content (AvgIpc) is 2.77. The Bertz CT molecular complexity index is 480. The third-order valence-electron chi connectivity index (χ3n) is 4.38. The number of nitrogens with one attached hydrogen (secondary N) is 1. The van der Waals surface area contributed by atoms with Gasteiger partial charge in [-0.3, -0.25) is 10.1 Å². The van der Waals surface area contributed by atoms with Crippen LogP contribution in [-0.4, -0.2) is 22.9 Å². The van der Waals surface area contributed by atoms with Crippen LogP contribution in [0.2, 0.25) is 0 Å². The monoisotopic (exact) mass is 288 g/mol. The molecule has 3 nitrogen and oxygen atoms in total. The van der Waals surface area contributed by atoms with E-state index in [0.29, 0.717) is 5.92 Å². The van der Waals surface area contributed by atoms with E-state index in [0.717, 1.165) is 12.8 Å². The predicted octanol–water partition coefficient (Wildman–Crippen LogP) is 3.64. The Hall–Kier alpha value is -1.35. The Morgan fingerprint density at radius 2 is 1.81 bits per heavy atom. The highest BCUT2D eigenvalue weighted by atomic mass is 16.2. The molecular formula is C18H28N2O. The minimum atomic E-state index is -0.0735. The summed E-state index contributed by atoms with van der Waals surface area (Å²) in [4.78, 5) is 14.8. The number of hydrogen-bond acceptors (Lipinski definition) is 2. The maximum absolute atomic E-state index is 12.8. The van der Waals surface area contributed by atoms with Crippen LogP contribution in [0.3, 0.4) is 0 Å². The Morgan fingerprint density at radius 3 is 2.33 bits per heavy atom. The van der Waals surface area contributed by atoms with Crippen molar-refractivity contribution in [2.75, 3.05) is 0 Å². The first-order valence-corrected chi connectivity index (χ1v) is 8.10. The topological polar surface area (TPSA) is 32.3 Å². The fourth-order valence-electron chi connectivity index (χ4n) is 3.12. The van der Waals surface area contributed by atoms with Crippen LogP contribution in [0.4, 0.5) is 0 Å². The highest BCUT2D eigenvalue weighted by Crippen LogP contribution is 2.31. The molecule has 0 spiro atoms. The molecule has 1 aliphatic rings. The number of amides is 1. The first-order valence-electron chi connectivity index (χ1n) is 8.10. The van der Waals surface area contributed by atoms with Crippen LogP contribution in [0, 0.1) is 12.8 Å². The number of benzene rings is 1. The molecule has 2 rings (SSSR count). The van der Waals surface area contributed by atoms with E-state index in [9.17, 15) is 4.79 Å². The summed E-state index contributed by atoms with van der Waals surface area (Å²) in [6.07, 6.45) is 2.14. The quantitative estimate of drug-likeness (QED) is 0.897. The van der Waals surface area contributed by atoms with Gasteiger partial charge in [-0.05, 0) is 31.7 Å². The van der Waals surface area contributed by atoms with Crippen molar-refractivity contribution in [2.24, 2.45) is 5.92 Å². The first kappa shape index (κ1) is 16.0. The number of rotatable bonds is 5.